The Morgan fingerprint density at radius 1 is 1.45 bits per heavy atom. The van der Waals surface area contributed by atoms with Gasteiger partial charge in [-0.1, -0.05) is 0 Å². The summed E-state index contributed by atoms with van der Waals surface area (Å²) in [5.41, 5.74) is 7.47. The van der Waals surface area contributed by atoms with Gasteiger partial charge in [-0.15, -0.1) is 11.3 Å². The lowest BCUT2D eigenvalue weighted by Crippen LogP contribution is -2.44. The predicted molar refractivity (Wildman–Crippen MR) is 87.3 cm³/mol. The molecule has 1 aliphatic heterocycles. The topological polar surface area (TPSA) is 58.4 Å². The minimum Gasteiger partial charge on any atom is -0.399 e. The van der Waals surface area contributed by atoms with E-state index in [-0.39, 0.29) is 17.6 Å². The van der Waals surface area contributed by atoms with Crippen molar-refractivity contribution in [1.29, 1.82) is 0 Å². The van der Waals surface area contributed by atoms with E-state index in [0.717, 1.165) is 19.5 Å². The zero-order valence-corrected chi connectivity index (χ0v) is 13.1. The molecule has 2 aromatic rings. The van der Waals surface area contributed by atoms with E-state index in [0.29, 0.717) is 5.69 Å². The van der Waals surface area contributed by atoms with E-state index in [1.807, 2.05) is 6.92 Å². The third kappa shape index (κ3) is 2.98. The number of nitrogen functional groups attached to an aromatic ring is 1. The number of amides is 1. The molecule has 3 rings (SSSR count). The molecule has 0 saturated carbocycles. The second-order valence-corrected chi connectivity index (χ2v) is 6.49. The molecule has 1 aromatic heterocycles. The fourth-order valence-electron chi connectivity index (χ4n) is 2.64. The molecule has 22 heavy (non-hydrogen) atoms. The highest BCUT2D eigenvalue weighted by molar-refractivity contribution is 7.10. The van der Waals surface area contributed by atoms with Crippen LogP contribution in [-0.2, 0) is 17.8 Å². The monoisotopic (exact) mass is 319 g/mol. The standard InChI is InChI=1S/C16H18FN3OS/c1-10(20-6-4-15-11(9-20)5-7-22-15)16(21)19-14-8-12(18)2-3-13(14)17/h2-3,5,7-8,10H,4,6,9,18H2,1H3,(H,19,21). The lowest BCUT2D eigenvalue weighted by atomic mass is 10.1. The van der Waals surface area contributed by atoms with Crippen molar-refractivity contribution in [2.75, 3.05) is 17.6 Å². The molecule has 0 radical (unpaired) electrons. The van der Waals surface area contributed by atoms with Gasteiger partial charge in [0, 0.05) is 23.7 Å². The molecular formula is C16H18FN3OS. The molecule has 1 atom stereocenters. The molecule has 116 valence electrons. The Morgan fingerprint density at radius 2 is 2.27 bits per heavy atom. The SMILES string of the molecule is CC(C(=O)Nc1cc(N)ccc1F)N1CCc2sccc2C1. The average Bonchev–Trinajstić information content (AvgIpc) is 2.97. The highest BCUT2D eigenvalue weighted by Gasteiger charge is 2.26. The third-order valence-corrected chi connectivity index (χ3v) is 5.04. The van der Waals surface area contributed by atoms with E-state index >= 15 is 0 Å². The largest absolute Gasteiger partial charge is 0.399 e. The van der Waals surface area contributed by atoms with Gasteiger partial charge >= 0.3 is 0 Å². The van der Waals surface area contributed by atoms with Crippen LogP contribution in [0.1, 0.15) is 17.4 Å². The molecule has 0 saturated heterocycles. The molecule has 3 N–H and O–H groups in total. The highest BCUT2D eigenvalue weighted by Crippen LogP contribution is 2.25. The summed E-state index contributed by atoms with van der Waals surface area (Å²) in [6.45, 7) is 3.44. The predicted octanol–water partition coefficient (Wildman–Crippen LogP) is 2.85. The Kier molecular flexibility index (Phi) is 4.13. The van der Waals surface area contributed by atoms with Crippen molar-refractivity contribution in [2.24, 2.45) is 0 Å². The molecule has 1 aliphatic rings. The molecule has 0 spiro atoms. The second-order valence-electron chi connectivity index (χ2n) is 5.49. The summed E-state index contributed by atoms with van der Waals surface area (Å²) in [7, 11) is 0. The van der Waals surface area contributed by atoms with Crippen LogP contribution in [0.25, 0.3) is 0 Å². The van der Waals surface area contributed by atoms with Crippen molar-refractivity contribution in [2.45, 2.75) is 25.9 Å². The minimum atomic E-state index is -0.478. The van der Waals surface area contributed by atoms with Crippen molar-refractivity contribution in [1.82, 2.24) is 4.90 Å². The molecule has 6 heteroatoms. The van der Waals surface area contributed by atoms with Crippen LogP contribution in [0.5, 0.6) is 0 Å². The summed E-state index contributed by atoms with van der Waals surface area (Å²) in [5.74, 6) is -0.698. The number of thiophene rings is 1. The molecule has 0 aliphatic carbocycles. The summed E-state index contributed by atoms with van der Waals surface area (Å²) in [6.07, 6.45) is 0.956. The van der Waals surface area contributed by atoms with Gasteiger partial charge in [0.1, 0.15) is 5.82 Å². The first-order chi connectivity index (χ1) is 10.5. The fourth-order valence-corrected chi connectivity index (χ4v) is 3.53. The smallest absolute Gasteiger partial charge is 0.241 e. The first-order valence-electron chi connectivity index (χ1n) is 7.20. The number of nitrogens with one attached hydrogen (secondary N) is 1. The Labute approximate surface area is 132 Å². The van der Waals surface area contributed by atoms with Crippen LogP contribution in [0.15, 0.2) is 29.6 Å². The maximum Gasteiger partial charge on any atom is 0.241 e. The number of halogens is 1. The fraction of sp³-hybridized carbons (Fsp3) is 0.312. The van der Waals surface area contributed by atoms with Gasteiger partial charge in [-0.05, 0) is 48.6 Å². The normalized spacial score (nSPS) is 16.1. The van der Waals surface area contributed by atoms with E-state index < -0.39 is 5.82 Å². The number of nitrogens with zero attached hydrogens (tertiary/aromatic N) is 1. The lowest BCUT2D eigenvalue weighted by Gasteiger charge is -2.31. The van der Waals surface area contributed by atoms with E-state index in [9.17, 15) is 9.18 Å². The lowest BCUT2D eigenvalue weighted by molar-refractivity contribution is -0.121. The summed E-state index contributed by atoms with van der Waals surface area (Å²) < 4.78 is 13.7. The number of rotatable bonds is 3. The molecule has 2 heterocycles. The third-order valence-electron chi connectivity index (χ3n) is 4.01. The van der Waals surface area contributed by atoms with Crippen LogP contribution < -0.4 is 11.1 Å². The van der Waals surface area contributed by atoms with Crippen molar-refractivity contribution in [3.63, 3.8) is 0 Å². The molecule has 0 bridgehead atoms. The number of anilines is 2. The first kappa shape index (κ1) is 15.0. The van der Waals surface area contributed by atoms with Crippen LogP contribution in [0.2, 0.25) is 0 Å². The number of hydrogen-bond acceptors (Lipinski definition) is 4. The number of benzene rings is 1. The van der Waals surface area contributed by atoms with Crippen LogP contribution in [0.4, 0.5) is 15.8 Å². The zero-order chi connectivity index (χ0) is 15.7. The average molecular weight is 319 g/mol. The maximum atomic E-state index is 13.7. The second kappa shape index (κ2) is 6.06. The summed E-state index contributed by atoms with van der Waals surface area (Å²) >= 11 is 1.76. The first-order valence-corrected chi connectivity index (χ1v) is 8.08. The van der Waals surface area contributed by atoms with E-state index in [4.69, 9.17) is 5.73 Å². The van der Waals surface area contributed by atoms with Crippen LogP contribution in [0.3, 0.4) is 0 Å². The van der Waals surface area contributed by atoms with Gasteiger partial charge < -0.3 is 11.1 Å². The maximum absolute atomic E-state index is 13.7. The van der Waals surface area contributed by atoms with Crippen LogP contribution in [-0.4, -0.2) is 23.4 Å². The van der Waals surface area contributed by atoms with Gasteiger partial charge in [-0.3, -0.25) is 9.69 Å². The molecule has 1 amide bonds. The summed E-state index contributed by atoms with van der Waals surface area (Å²) in [5, 5.41) is 4.72. The Morgan fingerprint density at radius 3 is 3.09 bits per heavy atom. The zero-order valence-electron chi connectivity index (χ0n) is 12.3. The van der Waals surface area contributed by atoms with E-state index in [1.54, 1.807) is 11.3 Å². The Bertz CT molecular complexity index is 700. The van der Waals surface area contributed by atoms with Gasteiger partial charge in [0.25, 0.3) is 0 Å². The number of carbonyl (C=O) groups is 1. The quantitative estimate of drug-likeness (QED) is 0.855. The van der Waals surface area contributed by atoms with E-state index in [1.165, 1.54) is 28.6 Å². The van der Waals surface area contributed by atoms with Crippen molar-refractivity contribution in [3.05, 3.63) is 45.9 Å². The van der Waals surface area contributed by atoms with Gasteiger partial charge in [0.2, 0.25) is 5.91 Å². The minimum absolute atomic E-state index is 0.130. The Balaban J connectivity index is 1.69. The molecule has 4 nitrogen and oxygen atoms in total. The molecule has 1 aromatic carbocycles. The Hall–Kier alpha value is -1.92. The van der Waals surface area contributed by atoms with Crippen molar-refractivity contribution < 1.29 is 9.18 Å². The van der Waals surface area contributed by atoms with Gasteiger partial charge in [0.05, 0.1) is 11.7 Å². The summed E-state index contributed by atoms with van der Waals surface area (Å²) in [6, 6.07) is 5.95. The van der Waals surface area contributed by atoms with Crippen LogP contribution in [0, 0.1) is 5.82 Å². The van der Waals surface area contributed by atoms with E-state index in [2.05, 4.69) is 21.7 Å². The number of carbonyl (C=O) groups excluding carboxylic acids is 1. The number of hydrogen-bond donors (Lipinski definition) is 2. The van der Waals surface area contributed by atoms with Crippen molar-refractivity contribution >= 4 is 28.6 Å². The van der Waals surface area contributed by atoms with Gasteiger partial charge in [-0.2, -0.15) is 0 Å². The van der Waals surface area contributed by atoms with Crippen molar-refractivity contribution in [3.8, 4) is 0 Å². The van der Waals surface area contributed by atoms with Gasteiger partial charge in [0.15, 0.2) is 0 Å². The highest BCUT2D eigenvalue weighted by atomic mass is 32.1. The molecular weight excluding hydrogens is 301 g/mol. The summed E-state index contributed by atoms with van der Waals surface area (Å²) in [4.78, 5) is 15.9. The van der Waals surface area contributed by atoms with Gasteiger partial charge in [-0.25, -0.2) is 4.39 Å². The number of fused-ring (bicyclic) bond motifs is 1. The molecule has 0 fully saturated rings. The number of nitrogens with two attached hydrogens (primary N) is 1. The molecule has 1 unspecified atom stereocenters. The van der Waals surface area contributed by atoms with Crippen LogP contribution >= 0.6 is 11.3 Å².